The molecule has 5 heteroatoms. The predicted molar refractivity (Wildman–Crippen MR) is 48.6 cm³/mol. The average Bonchev–Trinajstić information content (AvgIpc) is 2.59. The fourth-order valence-electron chi connectivity index (χ4n) is 1.28. The van der Waals surface area contributed by atoms with Crippen LogP contribution in [0.5, 0.6) is 0 Å². The molecule has 0 aliphatic rings. The van der Waals surface area contributed by atoms with Gasteiger partial charge in [-0.1, -0.05) is 0 Å². The van der Waals surface area contributed by atoms with E-state index in [0.29, 0.717) is 5.69 Å². The number of rotatable bonds is 1. The molecular formula is C10H7F3N2. The van der Waals surface area contributed by atoms with E-state index in [0.717, 1.165) is 12.1 Å². The Bertz CT molecular complexity index is 505. The second kappa shape index (κ2) is 3.42. The van der Waals surface area contributed by atoms with Crippen LogP contribution in [0, 0.1) is 24.4 Å². The Morgan fingerprint density at radius 3 is 2.40 bits per heavy atom. The van der Waals surface area contributed by atoms with Crippen LogP contribution in [0.2, 0.25) is 0 Å². The van der Waals surface area contributed by atoms with Crippen LogP contribution in [0.25, 0.3) is 11.4 Å². The molecule has 2 aromatic rings. The summed E-state index contributed by atoms with van der Waals surface area (Å²) in [5.74, 6) is -3.19. The van der Waals surface area contributed by atoms with Crippen molar-refractivity contribution in [1.29, 1.82) is 0 Å². The molecule has 2 rings (SSSR count). The summed E-state index contributed by atoms with van der Waals surface area (Å²) in [5, 5.41) is 0. The van der Waals surface area contributed by atoms with Crippen molar-refractivity contribution in [3.8, 4) is 11.4 Å². The van der Waals surface area contributed by atoms with Crippen LogP contribution in [0.4, 0.5) is 13.2 Å². The van der Waals surface area contributed by atoms with Gasteiger partial charge in [0, 0.05) is 11.9 Å². The monoisotopic (exact) mass is 212 g/mol. The molecule has 0 aliphatic carbocycles. The zero-order valence-corrected chi connectivity index (χ0v) is 7.81. The van der Waals surface area contributed by atoms with Crippen molar-refractivity contribution in [2.75, 3.05) is 0 Å². The largest absolute Gasteiger partial charge is 0.342 e. The Morgan fingerprint density at radius 2 is 1.80 bits per heavy atom. The lowest BCUT2D eigenvalue weighted by Gasteiger charge is -2.02. The van der Waals surface area contributed by atoms with Gasteiger partial charge >= 0.3 is 0 Å². The standard InChI is InChI=1S/C10H7F3N2/c1-5-4-14-10(15-5)8-6(11)2-3-7(12)9(8)13/h2-4H,1H3,(H,14,15). The van der Waals surface area contributed by atoms with E-state index in [1.54, 1.807) is 6.92 Å². The van der Waals surface area contributed by atoms with Crippen molar-refractivity contribution in [2.24, 2.45) is 0 Å². The molecule has 1 aromatic carbocycles. The summed E-state index contributed by atoms with van der Waals surface area (Å²) in [6, 6.07) is 1.61. The number of hydrogen-bond donors (Lipinski definition) is 1. The molecule has 0 radical (unpaired) electrons. The Kier molecular flexibility index (Phi) is 2.22. The van der Waals surface area contributed by atoms with Crippen molar-refractivity contribution in [1.82, 2.24) is 9.97 Å². The summed E-state index contributed by atoms with van der Waals surface area (Å²) in [5.41, 5.74) is 0.177. The summed E-state index contributed by atoms with van der Waals surface area (Å²) in [7, 11) is 0. The molecule has 15 heavy (non-hydrogen) atoms. The molecule has 0 saturated carbocycles. The van der Waals surface area contributed by atoms with Gasteiger partial charge in [-0.3, -0.25) is 0 Å². The first-order valence-corrected chi connectivity index (χ1v) is 4.25. The topological polar surface area (TPSA) is 28.7 Å². The van der Waals surface area contributed by atoms with Crippen LogP contribution in [0.3, 0.4) is 0 Å². The highest BCUT2D eigenvalue weighted by atomic mass is 19.2. The third kappa shape index (κ3) is 1.60. The zero-order chi connectivity index (χ0) is 11.0. The van der Waals surface area contributed by atoms with E-state index >= 15 is 0 Å². The number of imidazole rings is 1. The highest BCUT2D eigenvalue weighted by molar-refractivity contribution is 5.57. The molecule has 0 unspecified atom stereocenters. The fourth-order valence-corrected chi connectivity index (χ4v) is 1.28. The lowest BCUT2D eigenvalue weighted by molar-refractivity contribution is 0.498. The second-order valence-electron chi connectivity index (χ2n) is 3.13. The van der Waals surface area contributed by atoms with E-state index in [1.807, 2.05) is 0 Å². The fraction of sp³-hybridized carbons (Fsp3) is 0.100. The quantitative estimate of drug-likeness (QED) is 0.723. The van der Waals surface area contributed by atoms with Gasteiger partial charge in [0.25, 0.3) is 0 Å². The highest BCUT2D eigenvalue weighted by Crippen LogP contribution is 2.24. The van der Waals surface area contributed by atoms with E-state index in [4.69, 9.17) is 0 Å². The van der Waals surface area contributed by atoms with Crippen LogP contribution >= 0.6 is 0 Å². The number of halogens is 3. The maximum atomic E-state index is 13.3. The SMILES string of the molecule is Cc1cnc(-c2c(F)ccc(F)c2F)[nH]1. The first-order chi connectivity index (χ1) is 7.09. The Labute approximate surface area is 83.8 Å². The van der Waals surface area contributed by atoms with Crippen molar-refractivity contribution < 1.29 is 13.2 Å². The van der Waals surface area contributed by atoms with Gasteiger partial charge in [0.2, 0.25) is 0 Å². The van der Waals surface area contributed by atoms with Crippen molar-refractivity contribution in [3.63, 3.8) is 0 Å². The molecule has 0 amide bonds. The molecule has 2 nitrogen and oxygen atoms in total. The maximum Gasteiger partial charge on any atom is 0.172 e. The summed E-state index contributed by atoms with van der Waals surface area (Å²) in [6.07, 6.45) is 1.42. The van der Waals surface area contributed by atoms with Crippen LogP contribution < -0.4 is 0 Å². The number of aryl methyl sites for hydroxylation is 1. The minimum absolute atomic E-state index is 0.0120. The average molecular weight is 212 g/mol. The van der Waals surface area contributed by atoms with E-state index < -0.39 is 23.0 Å². The molecule has 1 N–H and O–H groups in total. The molecule has 0 aliphatic heterocycles. The molecular weight excluding hydrogens is 205 g/mol. The minimum atomic E-state index is -1.23. The first kappa shape index (κ1) is 9.76. The molecule has 0 bridgehead atoms. The summed E-state index contributed by atoms with van der Waals surface area (Å²) in [4.78, 5) is 6.39. The van der Waals surface area contributed by atoms with Gasteiger partial charge < -0.3 is 4.98 Å². The van der Waals surface area contributed by atoms with Crippen LogP contribution in [-0.4, -0.2) is 9.97 Å². The van der Waals surface area contributed by atoms with Gasteiger partial charge in [-0.15, -0.1) is 0 Å². The Hall–Kier alpha value is -1.78. The van der Waals surface area contributed by atoms with Gasteiger partial charge in [-0.25, -0.2) is 18.2 Å². The molecule has 0 saturated heterocycles. The summed E-state index contributed by atoms with van der Waals surface area (Å²) < 4.78 is 39.4. The van der Waals surface area contributed by atoms with E-state index in [1.165, 1.54) is 6.20 Å². The zero-order valence-electron chi connectivity index (χ0n) is 7.81. The molecule has 0 fully saturated rings. The van der Waals surface area contributed by atoms with Gasteiger partial charge in [0.15, 0.2) is 11.6 Å². The minimum Gasteiger partial charge on any atom is -0.342 e. The molecule has 0 spiro atoms. The van der Waals surface area contributed by atoms with Crippen LogP contribution in [0.1, 0.15) is 5.69 Å². The Balaban J connectivity index is 2.66. The number of nitrogens with zero attached hydrogens (tertiary/aromatic N) is 1. The third-order valence-corrected chi connectivity index (χ3v) is 1.98. The van der Waals surface area contributed by atoms with Gasteiger partial charge in [-0.05, 0) is 19.1 Å². The van der Waals surface area contributed by atoms with E-state index in [9.17, 15) is 13.2 Å². The number of H-pyrrole nitrogens is 1. The normalized spacial score (nSPS) is 10.7. The molecule has 1 heterocycles. The molecule has 0 atom stereocenters. The Morgan fingerprint density at radius 1 is 1.13 bits per heavy atom. The van der Waals surface area contributed by atoms with Gasteiger partial charge in [-0.2, -0.15) is 0 Å². The maximum absolute atomic E-state index is 13.3. The predicted octanol–water partition coefficient (Wildman–Crippen LogP) is 2.80. The lowest BCUT2D eigenvalue weighted by Crippen LogP contribution is -1.95. The first-order valence-electron chi connectivity index (χ1n) is 4.25. The van der Waals surface area contributed by atoms with Crippen molar-refractivity contribution >= 4 is 0 Å². The lowest BCUT2D eigenvalue weighted by atomic mass is 10.2. The second-order valence-corrected chi connectivity index (χ2v) is 3.13. The van der Waals surface area contributed by atoms with Crippen molar-refractivity contribution in [3.05, 3.63) is 41.5 Å². The number of aromatic amines is 1. The van der Waals surface area contributed by atoms with E-state index in [-0.39, 0.29) is 5.82 Å². The summed E-state index contributed by atoms with van der Waals surface area (Å²) >= 11 is 0. The number of benzene rings is 1. The number of hydrogen-bond acceptors (Lipinski definition) is 1. The summed E-state index contributed by atoms with van der Waals surface area (Å²) in [6.45, 7) is 1.69. The van der Waals surface area contributed by atoms with Crippen molar-refractivity contribution in [2.45, 2.75) is 6.92 Å². The third-order valence-electron chi connectivity index (χ3n) is 1.98. The van der Waals surface area contributed by atoms with Crippen LogP contribution in [0.15, 0.2) is 18.3 Å². The smallest absolute Gasteiger partial charge is 0.172 e. The highest BCUT2D eigenvalue weighted by Gasteiger charge is 2.17. The molecule has 1 aromatic heterocycles. The van der Waals surface area contributed by atoms with Crippen LogP contribution in [-0.2, 0) is 0 Å². The number of nitrogens with one attached hydrogen (secondary N) is 1. The van der Waals surface area contributed by atoms with Gasteiger partial charge in [0.05, 0.1) is 5.56 Å². The molecule has 78 valence electrons. The number of aromatic nitrogens is 2. The van der Waals surface area contributed by atoms with Gasteiger partial charge in [0.1, 0.15) is 11.6 Å². The van der Waals surface area contributed by atoms with E-state index in [2.05, 4.69) is 9.97 Å².